The summed E-state index contributed by atoms with van der Waals surface area (Å²) in [4.78, 5) is 8.80. The summed E-state index contributed by atoms with van der Waals surface area (Å²) in [6.07, 6.45) is 5.44. The van der Waals surface area contributed by atoms with Gasteiger partial charge in [-0.15, -0.1) is 0 Å². The van der Waals surface area contributed by atoms with Gasteiger partial charge in [0.05, 0.1) is 18.4 Å². The van der Waals surface area contributed by atoms with Crippen molar-refractivity contribution < 1.29 is 0 Å². The third-order valence-corrected chi connectivity index (χ3v) is 3.66. The predicted molar refractivity (Wildman–Crippen MR) is 90.0 cm³/mol. The predicted octanol–water partition coefficient (Wildman–Crippen LogP) is 3.40. The Kier molecular flexibility index (Phi) is 3.44. The average Bonchev–Trinajstić information content (AvgIpc) is 3.06. The van der Waals surface area contributed by atoms with E-state index in [0.29, 0.717) is 6.54 Å². The van der Waals surface area contributed by atoms with Crippen LogP contribution in [0.2, 0.25) is 0 Å². The number of nitrogens with one attached hydrogen (secondary N) is 1. The molecule has 0 bridgehead atoms. The molecule has 4 aromatic rings. The van der Waals surface area contributed by atoms with E-state index in [1.54, 1.807) is 12.4 Å². The summed E-state index contributed by atoms with van der Waals surface area (Å²) < 4.78 is 1.82. The molecule has 112 valence electrons. The van der Waals surface area contributed by atoms with Crippen molar-refractivity contribution in [2.24, 2.45) is 0 Å². The number of hydrogen-bond acceptors (Lipinski definition) is 4. The van der Waals surface area contributed by atoms with Crippen LogP contribution < -0.4 is 5.32 Å². The van der Waals surface area contributed by atoms with Crippen LogP contribution in [0.15, 0.2) is 73.2 Å². The molecule has 0 amide bonds. The Morgan fingerprint density at radius 3 is 2.57 bits per heavy atom. The first-order valence-corrected chi connectivity index (χ1v) is 7.44. The van der Waals surface area contributed by atoms with E-state index in [1.165, 1.54) is 0 Å². The van der Waals surface area contributed by atoms with Crippen LogP contribution in [-0.4, -0.2) is 19.6 Å². The van der Waals surface area contributed by atoms with E-state index in [0.717, 1.165) is 28.3 Å². The Morgan fingerprint density at radius 2 is 1.74 bits per heavy atom. The molecule has 0 fully saturated rings. The molecule has 1 N–H and O–H groups in total. The highest BCUT2D eigenvalue weighted by atomic mass is 15.3. The van der Waals surface area contributed by atoms with E-state index in [4.69, 9.17) is 0 Å². The number of benzene rings is 1. The quantitative estimate of drug-likeness (QED) is 0.627. The van der Waals surface area contributed by atoms with Crippen molar-refractivity contribution in [3.05, 3.63) is 78.9 Å². The number of fused-ring (bicyclic) bond motifs is 1. The second-order valence-electron chi connectivity index (χ2n) is 5.16. The second kappa shape index (κ2) is 5.88. The Labute approximate surface area is 133 Å². The highest BCUT2D eigenvalue weighted by Crippen LogP contribution is 2.24. The zero-order chi connectivity index (χ0) is 15.5. The number of pyridine rings is 1. The third kappa shape index (κ3) is 2.64. The van der Waals surface area contributed by atoms with Crippen LogP contribution in [0.5, 0.6) is 0 Å². The normalized spacial score (nSPS) is 10.8. The summed E-state index contributed by atoms with van der Waals surface area (Å²) in [6, 6.07) is 18.0. The maximum Gasteiger partial charge on any atom is 0.165 e. The maximum absolute atomic E-state index is 4.48. The Hall–Kier alpha value is -3.21. The Morgan fingerprint density at radius 1 is 0.870 bits per heavy atom. The summed E-state index contributed by atoms with van der Waals surface area (Å²) >= 11 is 0. The van der Waals surface area contributed by atoms with Crippen LogP contribution in [0.3, 0.4) is 0 Å². The monoisotopic (exact) mass is 301 g/mol. The Balaban J connectivity index is 1.68. The topological polar surface area (TPSA) is 55.1 Å². The number of rotatable bonds is 4. The van der Waals surface area contributed by atoms with Crippen LogP contribution in [0.25, 0.3) is 16.8 Å². The van der Waals surface area contributed by atoms with E-state index in [2.05, 4.69) is 32.5 Å². The first kappa shape index (κ1) is 13.5. The van der Waals surface area contributed by atoms with Crippen LogP contribution in [0, 0.1) is 0 Å². The average molecular weight is 301 g/mol. The zero-order valence-electron chi connectivity index (χ0n) is 12.4. The minimum Gasteiger partial charge on any atom is -0.364 e. The molecule has 3 aromatic heterocycles. The fourth-order valence-electron chi connectivity index (χ4n) is 2.53. The van der Waals surface area contributed by atoms with E-state index in [1.807, 2.05) is 53.2 Å². The van der Waals surface area contributed by atoms with E-state index < -0.39 is 0 Å². The van der Waals surface area contributed by atoms with Gasteiger partial charge in [-0.3, -0.25) is 4.98 Å². The molecule has 5 heteroatoms. The van der Waals surface area contributed by atoms with Crippen molar-refractivity contribution in [2.75, 3.05) is 5.32 Å². The number of nitrogens with zero attached hydrogens (tertiary/aromatic N) is 4. The summed E-state index contributed by atoms with van der Waals surface area (Å²) in [5, 5.41) is 7.85. The Bertz CT molecular complexity index is 916. The fourth-order valence-corrected chi connectivity index (χ4v) is 2.53. The molecule has 23 heavy (non-hydrogen) atoms. The van der Waals surface area contributed by atoms with Crippen molar-refractivity contribution in [3.63, 3.8) is 0 Å². The summed E-state index contributed by atoms with van der Waals surface area (Å²) in [5.74, 6) is 0.892. The molecule has 1 aromatic carbocycles. The lowest BCUT2D eigenvalue weighted by Gasteiger charge is -2.07. The van der Waals surface area contributed by atoms with Gasteiger partial charge >= 0.3 is 0 Å². The molecule has 0 aliphatic carbocycles. The van der Waals surface area contributed by atoms with Crippen LogP contribution in [0.4, 0.5) is 5.82 Å². The molecule has 0 saturated carbocycles. The lowest BCUT2D eigenvalue weighted by Crippen LogP contribution is -2.06. The number of anilines is 1. The molecule has 0 unspecified atom stereocenters. The standard InChI is InChI=1S/C18H15N5/c1-2-6-14(7-3-1)16-13-22-23-17(9-11-20-18(16)23)21-12-15-8-4-5-10-19-15/h1-11,13,21H,12H2. The smallest absolute Gasteiger partial charge is 0.165 e. The largest absolute Gasteiger partial charge is 0.364 e. The van der Waals surface area contributed by atoms with E-state index in [-0.39, 0.29) is 0 Å². The molecular formula is C18H15N5. The zero-order valence-corrected chi connectivity index (χ0v) is 12.4. The van der Waals surface area contributed by atoms with E-state index >= 15 is 0 Å². The summed E-state index contributed by atoms with van der Waals surface area (Å²) in [7, 11) is 0. The number of aromatic nitrogens is 4. The van der Waals surface area contributed by atoms with Crippen LogP contribution in [-0.2, 0) is 6.54 Å². The number of hydrogen-bond donors (Lipinski definition) is 1. The van der Waals surface area contributed by atoms with Gasteiger partial charge in [0.1, 0.15) is 5.82 Å². The summed E-state index contributed by atoms with van der Waals surface area (Å²) in [5.41, 5.74) is 3.94. The van der Waals surface area contributed by atoms with Gasteiger partial charge in [0.2, 0.25) is 0 Å². The first-order valence-electron chi connectivity index (χ1n) is 7.44. The van der Waals surface area contributed by atoms with Crippen molar-refractivity contribution in [1.82, 2.24) is 19.6 Å². The highest BCUT2D eigenvalue weighted by molar-refractivity contribution is 5.77. The minimum atomic E-state index is 0.639. The minimum absolute atomic E-state index is 0.639. The molecule has 0 aliphatic heterocycles. The fraction of sp³-hybridized carbons (Fsp3) is 0.0556. The van der Waals surface area contributed by atoms with Crippen molar-refractivity contribution in [1.29, 1.82) is 0 Å². The van der Waals surface area contributed by atoms with Gasteiger partial charge in [-0.1, -0.05) is 36.4 Å². The second-order valence-corrected chi connectivity index (χ2v) is 5.16. The molecule has 3 heterocycles. The van der Waals surface area contributed by atoms with Crippen LogP contribution >= 0.6 is 0 Å². The first-order chi connectivity index (χ1) is 11.4. The van der Waals surface area contributed by atoms with Gasteiger partial charge in [-0.2, -0.15) is 9.61 Å². The van der Waals surface area contributed by atoms with Gasteiger partial charge in [0, 0.05) is 18.0 Å². The molecule has 0 aliphatic rings. The SMILES string of the molecule is c1ccc(-c2cnn3c(NCc4ccccn4)ccnc23)cc1. The molecule has 0 radical (unpaired) electrons. The molecule has 0 spiro atoms. The molecule has 4 rings (SSSR count). The third-order valence-electron chi connectivity index (χ3n) is 3.66. The summed E-state index contributed by atoms with van der Waals surface area (Å²) in [6.45, 7) is 0.639. The van der Waals surface area contributed by atoms with Gasteiger partial charge in [-0.25, -0.2) is 4.98 Å². The van der Waals surface area contributed by atoms with E-state index in [9.17, 15) is 0 Å². The van der Waals surface area contributed by atoms with Gasteiger partial charge < -0.3 is 5.32 Å². The molecule has 0 atom stereocenters. The molecule has 5 nitrogen and oxygen atoms in total. The lowest BCUT2D eigenvalue weighted by molar-refractivity contribution is 0.917. The molecular weight excluding hydrogens is 286 g/mol. The maximum atomic E-state index is 4.48. The molecule has 0 saturated heterocycles. The van der Waals surface area contributed by atoms with Crippen molar-refractivity contribution in [3.8, 4) is 11.1 Å². The van der Waals surface area contributed by atoms with Crippen molar-refractivity contribution in [2.45, 2.75) is 6.54 Å². The van der Waals surface area contributed by atoms with Crippen molar-refractivity contribution >= 4 is 11.5 Å². The van der Waals surface area contributed by atoms with Crippen LogP contribution in [0.1, 0.15) is 5.69 Å². The highest BCUT2D eigenvalue weighted by Gasteiger charge is 2.10. The van der Waals surface area contributed by atoms with Gasteiger partial charge in [-0.05, 0) is 23.8 Å². The lowest BCUT2D eigenvalue weighted by atomic mass is 10.1. The van der Waals surface area contributed by atoms with Gasteiger partial charge in [0.15, 0.2) is 5.65 Å². The van der Waals surface area contributed by atoms with Gasteiger partial charge in [0.25, 0.3) is 0 Å².